The van der Waals surface area contributed by atoms with Gasteiger partial charge in [0.05, 0.1) is 18.1 Å². The standard InChI is InChI=1S/C15H11IN4O/c16-13-7-12(15-9-18-10-21-15)1-2-14(13)20-19-8-11-3-5-17-6-4-11/h1-10,20H. The molecule has 3 rings (SSSR count). The molecule has 0 aliphatic rings. The molecule has 0 bridgehead atoms. The van der Waals surface area contributed by atoms with E-state index >= 15 is 0 Å². The molecular formula is C15H11IN4O. The number of anilines is 1. The highest BCUT2D eigenvalue weighted by atomic mass is 127. The van der Waals surface area contributed by atoms with Crippen LogP contribution in [0.1, 0.15) is 5.56 Å². The number of hydrogen-bond acceptors (Lipinski definition) is 5. The average Bonchev–Trinajstić information content (AvgIpc) is 3.04. The summed E-state index contributed by atoms with van der Waals surface area (Å²) >= 11 is 2.26. The topological polar surface area (TPSA) is 63.3 Å². The van der Waals surface area contributed by atoms with Gasteiger partial charge in [0.1, 0.15) is 0 Å². The Morgan fingerprint density at radius 1 is 1.14 bits per heavy atom. The van der Waals surface area contributed by atoms with Crippen LogP contribution in [0.15, 0.2) is 64.8 Å². The van der Waals surface area contributed by atoms with Crippen LogP contribution in [0, 0.1) is 3.57 Å². The number of halogens is 1. The Bertz CT molecular complexity index is 742. The molecule has 6 heteroatoms. The summed E-state index contributed by atoms with van der Waals surface area (Å²) in [5.74, 6) is 0.750. The second-order valence-corrected chi connectivity index (χ2v) is 5.37. The van der Waals surface area contributed by atoms with Crippen LogP contribution in [0.5, 0.6) is 0 Å². The monoisotopic (exact) mass is 390 g/mol. The predicted octanol–water partition coefficient (Wildman–Crippen LogP) is 3.79. The molecule has 0 spiro atoms. The van der Waals surface area contributed by atoms with Gasteiger partial charge in [-0.25, -0.2) is 4.98 Å². The molecule has 2 aromatic heterocycles. The van der Waals surface area contributed by atoms with Crippen molar-refractivity contribution in [3.63, 3.8) is 0 Å². The molecule has 0 aliphatic carbocycles. The number of aromatic nitrogens is 2. The molecule has 1 aromatic carbocycles. The van der Waals surface area contributed by atoms with Gasteiger partial charge < -0.3 is 4.42 Å². The van der Waals surface area contributed by atoms with Crippen LogP contribution < -0.4 is 5.43 Å². The first-order chi connectivity index (χ1) is 10.3. The Kier molecular flexibility index (Phi) is 4.25. The van der Waals surface area contributed by atoms with Crippen molar-refractivity contribution in [1.82, 2.24) is 9.97 Å². The van der Waals surface area contributed by atoms with E-state index in [4.69, 9.17) is 4.42 Å². The van der Waals surface area contributed by atoms with Crippen LogP contribution in [0.4, 0.5) is 5.69 Å². The summed E-state index contributed by atoms with van der Waals surface area (Å²) in [6.45, 7) is 0. The molecule has 21 heavy (non-hydrogen) atoms. The quantitative estimate of drug-likeness (QED) is 0.418. The molecule has 3 aromatic rings. The molecule has 0 unspecified atom stereocenters. The van der Waals surface area contributed by atoms with Gasteiger partial charge in [-0.1, -0.05) is 0 Å². The lowest BCUT2D eigenvalue weighted by Gasteiger charge is -2.05. The minimum absolute atomic E-state index is 0.750. The van der Waals surface area contributed by atoms with Crippen molar-refractivity contribution in [3.8, 4) is 11.3 Å². The second-order valence-electron chi connectivity index (χ2n) is 4.21. The van der Waals surface area contributed by atoms with Crippen molar-refractivity contribution in [1.29, 1.82) is 0 Å². The van der Waals surface area contributed by atoms with Gasteiger partial charge in [0, 0.05) is 21.5 Å². The Hall–Kier alpha value is -2.22. The van der Waals surface area contributed by atoms with E-state index in [1.165, 1.54) is 6.39 Å². The van der Waals surface area contributed by atoms with Gasteiger partial charge in [-0.15, -0.1) is 0 Å². The van der Waals surface area contributed by atoms with E-state index in [1.54, 1.807) is 24.8 Å². The van der Waals surface area contributed by atoms with Crippen molar-refractivity contribution in [3.05, 3.63) is 64.4 Å². The first-order valence-corrected chi connectivity index (χ1v) is 7.28. The molecule has 5 nitrogen and oxygen atoms in total. The van der Waals surface area contributed by atoms with Crippen molar-refractivity contribution >= 4 is 34.5 Å². The zero-order chi connectivity index (χ0) is 14.5. The third-order valence-corrected chi connectivity index (χ3v) is 3.68. The lowest BCUT2D eigenvalue weighted by Crippen LogP contribution is -1.93. The molecule has 0 atom stereocenters. The molecular weight excluding hydrogens is 379 g/mol. The van der Waals surface area contributed by atoms with Crippen LogP contribution >= 0.6 is 22.6 Å². The fourth-order valence-electron chi connectivity index (χ4n) is 1.74. The van der Waals surface area contributed by atoms with E-state index in [9.17, 15) is 0 Å². The molecule has 0 fully saturated rings. The maximum Gasteiger partial charge on any atom is 0.181 e. The van der Waals surface area contributed by atoms with E-state index in [1.807, 2.05) is 30.3 Å². The van der Waals surface area contributed by atoms with Crippen LogP contribution in [-0.2, 0) is 0 Å². The van der Waals surface area contributed by atoms with E-state index in [2.05, 4.69) is 43.1 Å². The van der Waals surface area contributed by atoms with Crippen molar-refractivity contribution < 1.29 is 4.42 Å². The minimum Gasteiger partial charge on any atom is -0.444 e. The van der Waals surface area contributed by atoms with Crippen LogP contribution in [0.2, 0.25) is 0 Å². The molecule has 104 valence electrons. The van der Waals surface area contributed by atoms with Gasteiger partial charge in [0.25, 0.3) is 0 Å². The highest BCUT2D eigenvalue weighted by molar-refractivity contribution is 14.1. The number of hydrogen-bond donors (Lipinski definition) is 1. The van der Waals surface area contributed by atoms with Crippen molar-refractivity contribution in [2.45, 2.75) is 0 Å². The predicted molar refractivity (Wildman–Crippen MR) is 90.1 cm³/mol. The molecule has 1 N–H and O–H groups in total. The van der Waals surface area contributed by atoms with E-state index in [0.717, 1.165) is 26.1 Å². The van der Waals surface area contributed by atoms with Crippen molar-refractivity contribution in [2.24, 2.45) is 5.10 Å². The summed E-state index contributed by atoms with van der Waals surface area (Å²) in [5, 5.41) is 4.22. The normalized spacial score (nSPS) is 10.9. The van der Waals surface area contributed by atoms with Gasteiger partial charge >= 0.3 is 0 Å². The summed E-state index contributed by atoms with van der Waals surface area (Å²) < 4.78 is 6.33. The van der Waals surface area contributed by atoms with E-state index in [-0.39, 0.29) is 0 Å². The first-order valence-electron chi connectivity index (χ1n) is 6.20. The minimum atomic E-state index is 0.750. The highest BCUT2D eigenvalue weighted by Crippen LogP contribution is 2.26. The molecule has 0 saturated carbocycles. The summed E-state index contributed by atoms with van der Waals surface area (Å²) in [5.41, 5.74) is 5.94. The van der Waals surface area contributed by atoms with Crippen LogP contribution in [0.25, 0.3) is 11.3 Å². The summed E-state index contributed by atoms with van der Waals surface area (Å²) in [7, 11) is 0. The molecule has 2 heterocycles. The number of nitrogens with zero attached hydrogens (tertiary/aromatic N) is 3. The lowest BCUT2D eigenvalue weighted by atomic mass is 10.2. The Morgan fingerprint density at radius 3 is 2.71 bits per heavy atom. The number of benzene rings is 1. The van der Waals surface area contributed by atoms with Crippen LogP contribution in [0.3, 0.4) is 0 Å². The largest absolute Gasteiger partial charge is 0.444 e. The first kappa shape index (κ1) is 13.7. The molecule has 0 saturated heterocycles. The number of hydrazone groups is 1. The average molecular weight is 390 g/mol. The van der Waals surface area contributed by atoms with Crippen molar-refractivity contribution in [2.75, 3.05) is 5.43 Å². The van der Waals surface area contributed by atoms with E-state index in [0.29, 0.717) is 0 Å². The maximum atomic E-state index is 5.28. The summed E-state index contributed by atoms with van der Waals surface area (Å²) in [6.07, 6.45) is 8.34. The SMILES string of the molecule is Ic1cc(-c2cnco2)ccc1NN=Cc1ccncc1. The third kappa shape index (κ3) is 3.46. The zero-order valence-electron chi connectivity index (χ0n) is 10.9. The number of pyridine rings is 1. The Morgan fingerprint density at radius 2 is 2.00 bits per heavy atom. The molecule has 0 amide bonds. The lowest BCUT2D eigenvalue weighted by molar-refractivity contribution is 0.572. The smallest absolute Gasteiger partial charge is 0.181 e. The second kappa shape index (κ2) is 6.49. The van der Waals surface area contributed by atoms with Gasteiger partial charge in [0.2, 0.25) is 0 Å². The number of oxazole rings is 1. The highest BCUT2D eigenvalue weighted by Gasteiger charge is 2.05. The fourth-order valence-corrected chi connectivity index (χ4v) is 2.38. The zero-order valence-corrected chi connectivity index (χ0v) is 13.1. The van der Waals surface area contributed by atoms with Gasteiger partial charge in [-0.05, 0) is 58.5 Å². The maximum absolute atomic E-state index is 5.28. The van der Waals surface area contributed by atoms with Gasteiger partial charge in [0.15, 0.2) is 12.2 Å². The summed E-state index contributed by atoms with van der Waals surface area (Å²) in [6, 6.07) is 9.73. The third-order valence-electron chi connectivity index (χ3n) is 2.79. The Labute approximate surface area is 135 Å². The Balaban J connectivity index is 1.73. The van der Waals surface area contributed by atoms with Crippen LogP contribution in [-0.4, -0.2) is 16.2 Å². The van der Waals surface area contributed by atoms with Gasteiger partial charge in [-0.3, -0.25) is 10.4 Å². The van der Waals surface area contributed by atoms with E-state index < -0.39 is 0 Å². The number of nitrogens with one attached hydrogen (secondary N) is 1. The number of rotatable bonds is 4. The molecule has 0 aliphatic heterocycles. The summed E-state index contributed by atoms with van der Waals surface area (Å²) in [4.78, 5) is 7.88. The molecule has 0 radical (unpaired) electrons. The fraction of sp³-hybridized carbons (Fsp3) is 0. The van der Waals surface area contributed by atoms with Gasteiger partial charge in [-0.2, -0.15) is 5.10 Å².